The van der Waals surface area contributed by atoms with Crippen molar-refractivity contribution in [3.63, 3.8) is 0 Å². The van der Waals surface area contributed by atoms with Crippen molar-refractivity contribution in [2.75, 3.05) is 7.11 Å². The number of aromatic nitrogens is 2. The predicted molar refractivity (Wildman–Crippen MR) is 54.9 cm³/mol. The highest BCUT2D eigenvalue weighted by Crippen LogP contribution is 2.13. The molecule has 0 spiro atoms. The first-order valence-corrected chi connectivity index (χ1v) is 4.50. The molecule has 0 aliphatic carbocycles. The number of methoxy groups -OCH3 is 1. The van der Waals surface area contributed by atoms with Gasteiger partial charge in [0, 0.05) is 12.3 Å². The van der Waals surface area contributed by atoms with Gasteiger partial charge in [-0.1, -0.05) is 18.2 Å². The fourth-order valence-electron chi connectivity index (χ4n) is 1.05. The van der Waals surface area contributed by atoms with Crippen molar-refractivity contribution in [3.8, 4) is 5.82 Å². The van der Waals surface area contributed by atoms with Crippen LogP contribution in [0.3, 0.4) is 0 Å². The first-order valence-electron chi connectivity index (χ1n) is 4.50. The largest absolute Gasteiger partial charge is 0.465 e. The van der Waals surface area contributed by atoms with Crippen LogP contribution in [0.5, 0.6) is 0 Å². The summed E-state index contributed by atoms with van der Waals surface area (Å²) in [5, 5.41) is 3.81. The molecule has 4 nitrogen and oxygen atoms in total. The Kier molecular flexibility index (Phi) is 2.49. The Morgan fingerprint density at radius 2 is 1.93 bits per heavy atom. The average molecular weight is 202 g/mol. The molecule has 0 N–H and O–H groups in total. The van der Waals surface area contributed by atoms with E-state index in [1.165, 1.54) is 7.11 Å². The zero-order valence-corrected chi connectivity index (χ0v) is 8.25. The predicted octanol–water partition coefficient (Wildman–Crippen LogP) is 1.66. The van der Waals surface area contributed by atoms with Gasteiger partial charge in [-0.2, -0.15) is 0 Å². The molecule has 0 saturated carbocycles. The van der Waals surface area contributed by atoms with Gasteiger partial charge in [0.2, 0.25) is 0 Å². The lowest BCUT2D eigenvalue weighted by molar-refractivity contribution is 0.0601. The Morgan fingerprint density at radius 3 is 2.27 bits per heavy atom. The second-order valence-corrected chi connectivity index (χ2v) is 2.98. The molecular formula is C11H10N2O2. The summed E-state index contributed by atoms with van der Waals surface area (Å²) >= 11 is 0. The van der Waals surface area contributed by atoms with Gasteiger partial charge in [0.05, 0.1) is 12.7 Å². The molecule has 15 heavy (non-hydrogen) atoms. The molecule has 76 valence electrons. The Morgan fingerprint density at radius 1 is 1.27 bits per heavy atom. The summed E-state index contributed by atoms with van der Waals surface area (Å²) in [6.07, 6.45) is 1.93. The van der Waals surface area contributed by atoms with Gasteiger partial charge in [0.15, 0.2) is 5.82 Å². The van der Waals surface area contributed by atoms with E-state index in [0.29, 0.717) is 5.56 Å². The summed E-state index contributed by atoms with van der Waals surface area (Å²) in [5.74, 6) is 0.839. The van der Waals surface area contributed by atoms with E-state index in [1.54, 1.807) is 24.3 Å². The van der Waals surface area contributed by atoms with Crippen LogP contribution in [0.1, 0.15) is 10.4 Å². The lowest BCUT2D eigenvalue weighted by Crippen LogP contribution is -1.99. The van der Waals surface area contributed by atoms with Crippen LogP contribution in [0.4, 0.5) is 0 Å². The molecule has 2 heterocycles. The average Bonchev–Trinajstić information content (AvgIpc) is 2.86. The van der Waals surface area contributed by atoms with Gasteiger partial charge >= 0.3 is 5.97 Å². The molecular weight excluding hydrogens is 192 g/mol. The third-order valence-corrected chi connectivity index (χ3v) is 1.97. The smallest absolute Gasteiger partial charge is 0.337 e. The van der Waals surface area contributed by atoms with Crippen LogP contribution in [-0.4, -0.2) is 22.9 Å². The highest BCUT2D eigenvalue weighted by molar-refractivity contribution is 5.89. The molecule has 0 bridgehead atoms. The third kappa shape index (κ3) is 2.22. The molecule has 3 rings (SSSR count). The summed E-state index contributed by atoms with van der Waals surface area (Å²) in [4.78, 5) is 10.8. The van der Waals surface area contributed by atoms with Gasteiger partial charge in [0.25, 0.3) is 0 Å². The van der Waals surface area contributed by atoms with Crippen molar-refractivity contribution in [3.05, 3.63) is 48.2 Å². The minimum Gasteiger partial charge on any atom is -0.465 e. The number of benzene rings is 1. The Labute approximate surface area is 87.1 Å². The van der Waals surface area contributed by atoms with Gasteiger partial charge in [-0.3, -0.25) is 0 Å². The minimum absolute atomic E-state index is 0.291. The van der Waals surface area contributed by atoms with E-state index in [2.05, 4.69) is 9.84 Å². The minimum atomic E-state index is -0.291. The zero-order chi connectivity index (χ0) is 10.7. The molecule has 0 fully saturated rings. The van der Waals surface area contributed by atoms with Crippen LogP contribution in [-0.2, 0) is 4.74 Å². The number of carbonyl (C=O) groups is 1. The lowest BCUT2D eigenvalue weighted by Gasteiger charge is -1.95. The van der Waals surface area contributed by atoms with E-state index >= 15 is 0 Å². The maximum atomic E-state index is 10.8. The molecule has 0 saturated heterocycles. The molecule has 2 aliphatic heterocycles. The summed E-state index contributed by atoms with van der Waals surface area (Å²) in [7, 11) is 1.37. The first kappa shape index (κ1) is 9.45. The maximum Gasteiger partial charge on any atom is 0.337 e. The summed E-state index contributed by atoms with van der Waals surface area (Å²) < 4.78 is 6.33. The number of nitrogens with zero attached hydrogens (tertiary/aromatic N) is 2. The number of ether oxygens (including phenoxy) is 1. The van der Waals surface area contributed by atoms with Crippen LogP contribution in [0.2, 0.25) is 0 Å². The second-order valence-electron chi connectivity index (χ2n) is 2.98. The standard InChI is InChI=1S/C8H8O2.C3H2N2/c1-10-8(9)7-5-3-2-4-6-7;1-2-5-3(1)4-5/h2-6H,1H3;1-2H. The molecule has 2 aliphatic rings. The van der Waals surface area contributed by atoms with Crippen LogP contribution in [0.25, 0.3) is 5.82 Å². The molecule has 1 aromatic carbocycles. The number of rotatable bonds is 1. The van der Waals surface area contributed by atoms with Crippen molar-refractivity contribution in [2.24, 2.45) is 0 Å². The molecule has 0 atom stereocenters. The Hall–Kier alpha value is -2.10. The summed E-state index contributed by atoms with van der Waals surface area (Å²) in [6.45, 7) is 0. The van der Waals surface area contributed by atoms with Crippen LogP contribution in [0, 0.1) is 0 Å². The number of hydrogen-bond acceptors (Lipinski definition) is 3. The highest BCUT2D eigenvalue weighted by Gasteiger charge is 2.11. The fraction of sp³-hybridized carbons (Fsp3) is 0.0909. The monoisotopic (exact) mass is 202 g/mol. The molecule has 0 unspecified atom stereocenters. The van der Waals surface area contributed by atoms with E-state index in [0.717, 1.165) is 5.82 Å². The number of fused-ring (bicyclic) bond motifs is 1. The van der Waals surface area contributed by atoms with E-state index in [1.807, 2.05) is 23.0 Å². The van der Waals surface area contributed by atoms with Gasteiger partial charge in [-0.15, -0.1) is 5.10 Å². The van der Waals surface area contributed by atoms with Gasteiger partial charge < -0.3 is 4.74 Å². The van der Waals surface area contributed by atoms with Crippen molar-refractivity contribution in [1.29, 1.82) is 0 Å². The van der Waals surface area contributed by atoms with E-state index in [4.69, 9.17) is 0 Å². The SMILES string of the molecule is COC(=O)c1ccccc1.c1cn2nc1-2. The van der Waals surface area contributed by atoms with Gasteiger partial charge in [0.1, 0.15) is 0 Å². The van der Waals surface area contributed by atoms with Crippen molar-refractivity contribution >= 4 is 5.97 Å². The lowest BCUT2D eigenvalue weighted by atomic mass is 10.2. The van der Waals surface area contributed by atoms with E-state index in [-0.39, 0.29) is 5.97 Å². The molecule has 1 aromatic rings. The molecule has 0 radical (unpaired) electrons. The quantitative estimate of drug-likeness (QED) is 0.564. The second kappa shape index (κ2) is 3.96. The van der Waals surface area contributed by atoms with Crippen molar-refractivity contribution in [1.82, 2.24) is 9.78 Å². The van der Waals surface area contributed by atoms with Crippen molar-refractivity contribution in [2.45, 2.75) is 0 Å². The van der Waals surface area contributed by atoms with Gasteiger partial charge in [-0.25, -0.2) is 9.48 Å². The van der Waals surface area contributed by atoms with E-state index < -0.39 is 0 Å². The van der Waals surface area contributed by atoms with Crippen LogP contribution >= 0.6 is 0 Å². The van der Waals surface area contributed by atoms with Crippen LogP contribution in [0.15, 0.2) is 42.6 Å². The van der Waals surface area contributed by atoms with Crippen LogP contribution < -0.4 is 0 Å². The number of esters is 1. The maximum absolute atomic E-state index is 10.8. The topological polar surface area (TPSA) is 44.1 Å². The molecule has 4 heteroatoms. The first-order chi connectivity index (χ1) is 7.31. The normalized spacial score (nSPS) is 9.93. The molecule has 0 aromatic heterocycles. The fourth-order valence-corrected chi connectivity index (χ4v) is 1.05. The van der Waals surface area contributed by atoms with Gasteiger partial charge in [-0.05, 0) is 12.1 Å². The summed E-state index contributed by atoms with van der Waals surface area (Å²) in [5.41, 5.74) is 0.588. The number of carbonyl (C=O) groups excluding carboxylic acids is 1. The Balaban J connectivity index is 0.000000139. The highest BCUT2D eigenvalue weighted by atomic mass is 16.5. The summed E-state index contributed by atoms with van der Waals surface area (Å²) in [6, 6.07) is 10.8. The number of hydrogen-bond donors (Lipinski definition) is 0. The van der Waals surface area contributed by atoms with Crippen molar-refractivity contribution < 1.29 is 9.53 Å². The zero-order valence-electron chi connectivity index (χ0n) is 8.25. The third-order valence-electron chi connectivity index (χ3n) is 1.97. The van der Waals surface area contributed by atoms with E-state index in [9.17, 15) is 4.79 Å². The Bertz CT molecular complexity index is 438. The molecule has 0 amide bonds.